The first-order valence-electron chi connectivity index (χ1n) is 7.96. The molecule has 0 spiro atoms. The van der Waals surface area contributed by atoms with Gasteiger partial charge in [-0.15, -0.1) is 11.3 Å². The van der Waals surface area contributed by atoms with Crippen molar-refractivity contribution < 1.29 is 4.74 Å². The van der Waals surface area contributed by atoms with Crippen LogP contribution in [0.2, 0.25) is 0 Å². The van der Waals surface area contributed by atoms with Gasteiger partial charge in [0.15, 0.2) is 0 Å². The summed E-state index contributed by atoms with van der Waals surface area (Å²) in [5.74, 6) is 0. The molecule has 4 heteroatoms. The predicted molar refractivity (Wildman–Crippen MR) is 87.1 cm³/mol. The molecule has 0 saturated carbocycles. The van der Waals surface area contributed by atoms with E-state index >= 15 is 0 Å². The molecule has 1 rings (SSSR count). The largest absolute Gasteiger partial charge is 0.375 e. The zero-order valence-electron chi connectivity index (χ0n) is 13.3. The summed E-state index contributed by atoms with van der Waals surface area (Å²) in [6.45, 7) is 8.94. The summed E-state index contributed by atoms with van der Waals surface area (Å²) in [6, 6.07) is 0.506. The van der Waals surface area contributed by atoms with Crippen LogP contribution in [0.25, 0.3) is 0 Å². The second-order valence-corrected chi connectivity index (χ2v) is 6.53. The Morgan fingerprint density at radius 3 is 2.70 bits per heavy atom. The lowest BCUT2D eigenvalue weighted by atomic mass is 10.1. The van der Waals surface area contributed by atoms with Gasteiger partial charge >= 0.3 is 0 Å². The number of nitrogens with zero attached hydrogens (tertiary/aromatic N) is 1. The van der Waals surface area contributed by atoms with Gasteiger partial charge < -0.3 is 10.1 Å². The van der Waals surface area contributed by atoms with Gasteiger partial charge in [0.05, 0.1) is 12.3 Å². The molecule has 1 N–H and O–H groups in total. The van der Waals surface area contributed by atoms with E-state index in [-0.39, 0.29) is 0 Å². The van der Waals surface area contributed by atoms with Crippen LogP contribution < -0.4 is 5.32 Å². The summed E-state index contributed by atoms with van der Waals surface area (Å²) >= 11 is 1.72. The molecule has 0 amide bonds. The Bertz CT molecular complexity index is 339. The molecule has 0 unspecified atom stereocenters. The van der Waals surface area contributed by atoms with Gasteiger partial charge in [0.25, 0.3) is 0 Å². The van der Waals surface area contributed by atoms with Gasteiger partial charge in [-0.05, 0) is 6.42 Å². The van der Waals surface area contributed by atoms with Crippen molar-refractivity contribution in [3.8, 4) is 0 Å². The number of hydrogen-bond acceptors (Lipinski definition) is 4. The van der Waals surface area contributed by atoms with Gasteiger partial charge in [-0.1, -0.05) is 52.9 Å². The molecule has 0 saturated heterocycles. The van der Waals surface area contributed by atoms with E-state index in [2.05, 4.69) is 36.5 Å². The van der Waals surface area contributed by atoms with Crippen LogP contribution in [0.1, 0.15) is 70.0 Å². The van der Waals surface area contributed by atoms with Crippen LogP contribution in [-0.4, -0.2) is 17.6 Å². The number of ether oxygens (including phenoxy) is 1. The molecule has 20 heavy (non-hydrogen) atoms. The van der Waals surface area contributed by atoms with Gasteiger partial charge in [0, 0.05) is 24.6 Å². The zero-order valence-corrected chi connectivity index (χ0v) is 14.1. The van der Waals surface area contributed by atoms with E-state index in [1.165, 1.54) is 38.5 Å². The van der Waals surface area contributed by atoms with Gasteiger partial charge in [0.2, 0.25) is 0 Å². The smallest absolute Gasteiger partial charge is 0.107 e. The van der Waals surface area contributed by atoms with E-state index in [9.17, 15) is 0 Å². The van der Waals surface area contributed by atoms with Crippen LogP contribution in [0, 0.1) is 0 Å². The third-order valence-corrected chi connectivity index (χ3v) is 4.05. The molecular weight excluding hydrogens is 268 g/mol. The minimum Gasteiger partial charge on any atom is -0.375 e. The molecule has 0 aliphatic rings. The summed E-state index contributed by atoms with van der Waals surface area (Å²) < 4.78 is 5.69. The normalized spacial score (nSPS) is 11.4. The highest BCUT2D eigenvalue weighted by Gasteiger charge is 2.03. The van der Waals surface area contributed by atoms with Crippen LogP contribution in [0.15, 0.2) is 5.38 Å². The fraction of sp³-hybridized carbons (Fsp3) is 0.812. The highest BCUT2D eigenvalue weighted by molar-refractivity contribution is 7.09. The first kappa shape index (κ1) is 17.6. The van der Waals surface area contributed by atoms with Crippen LogP contribution in [0.4, 0.5) is 0 Å². The third-order valence-electron chi connectivity index (χ3n) is 3.15. The molecule has 0 aliphatic carbocycles. The number of aromatic nitrogens is 1. The molecule has 1 heterocycles. The Morgan fingerprint density at radius 1 is 1.20 bits per heavy atom. The first-order chi connectivity index (χ1) is 9.72. The fourth-order valence-electron chi connectivity index (χ4n) is 1.95. The lowest BCUT2D eigenvalue weighted by Crippen LogP contribution is -2.21. The van der Waals surface area contributed by atoms with Gasteiger partial charge in [0.1, 0.15) is 5.01 Å². The standard InChI is InChI=1S/C16H30N2OS/c1-4-5-6-7-8-9-10-19-12-15-13-20-16(18-15)11-17-14(2)3/h13-14,17H,4-12H2,1-3H3. The maximum absolute atomic E-state index is 5.69. The van der Waals surface area contributed by atoms with Crippen molar-refractivity contribution in [2.75, 3.05) is 6.61 Å². The van der Waals surface area contributed by atoms with Crippen LogP contribution in [0.3, 0.4) is 0 Å². The van der Waals surface area contributed by atoms with Crippen molar-refractivity contribution in [2.24, 2.45) is 0 Å². The Labute approximate surface area is 128 Å². The molecule has 1 aromatic rings. The van der Waals surface area contributed by atoms with E-state index in [1.807, 2.05) is 0 Å². The number of hydrogen-bond donors (Lipinski definition) is 1. The molecule has 116 valence electrons. The summed E-state index contributed by atoms with van der Waals surface area (Å²) in [5.41, 5.74) is 1.07. The fourth-order valence-corrected chi connectivity index (χ4v) is 2.68. The van der Waals surface area contributed by atoms with Gasteiger partial charge in [-0.3, -0.25) is 0 Å². The number of unbranched alkanes of at least 4 members (excludes halogenated alkanes) is 5. The Morgan fingerprint density at radius 2 is 1.95 bits per heavy atom. The Hall–Kier alpha value is -0.450. The summed E-state index contributed by atoms with van der Waals surface area (Å²) in [6.07, 6.45) is 7.87. The first-order valence-corrected chi connectivity index (χ1v) is 8.84. The summed E-state index contributed by atoms with van der Waals surface area (Å²) in [4.78, 5) is 4.57. The minimum atomic E-state index is 0.506. The van der Waals surface area contributed by atoms with Crippen molar-refractivity contribution in [3.05, 3.63) is 16.1 Å². The molecular formula is C16H30N2OS. The number of nitrogens with one attached hydrogen (secondary N) is 1. The maximum Gasteiger partial charge on any atom is 0.107 e. The van der Waals surface area contributed by atoms with Crippen LogP contribution >= 0.6 is 11.3 Å². The Kier molecular flexibility index (Phi) is 9.89. The molecule has 0 bridgehead atoms. The summed E-state index contributed by atoms with van der Waals surface area (Å²) in [5, 5.41) is 6.64. The van der Waals surface area contributed by atoms with E-state index < -0.39 is 0 Å². The van der Waals surface area contributed by atoms with Crippen molar-refractivity contribution >= 4 is 11.3 Å². The lowest BCUT2D eigenvalue weighted by molar-refractivity contribution is 0.114. The highest BCUT2D eigenvalue weighted by Crippen LogP contribution is 2.11. The van der Waals surface area contributed by atoms with Crippen molar-refractivity contribution in [1.29, 1.82) is 0 Å². The third kappa shape index (κ3) is 8.67. The predicted octanol–water partition coefficient (Wildman–Crippen LogP) is 4.52. The quantitative estimate of drug-likeness (QED) is 0.576. The van der Waals surface area contributed by atoms with Crippen LogP contribution in [-0.2, 0) is 17.9 Å². The minimum absolute atomic E-state index is 0.506. The van der Waals surface area contributed by atoms with E-state index in [1.54, 1.807) is 11.3 Å². The van der Waals surface area contributed by atoms with Crippen molar-refractivity contribution in [1.82, 2.24) is 10.3 Å². The van der Waals surface area contributed by atoms with Crippen molar-refractivity contribution in [2.45, 2.75) is 78.5 Å². The topological polar surface area (TPSA) is 34.1 Å². The summed E-state index contributed by atoms with van der Waals surface area (Å²) in [7, 11) is 0. The van der Waals surface area contributed by atoms with Crippen LogP contribution in [0.5, 0.6) is 0 Å². The average molecular weight is 298 g/mol. The number of rotatable bonds is 12. The molecule has 3 nitrogen and oxygen atoms in total. The monoisotopic (exact) mass is 298 g/mol. The molecule has 0 radical (unpaired) electrons. The molecule has 0 atom stereocenters. The average Bonchev–Trinajstić information content (AvgIpc) is 2.87. The second kappa shape index (κ2) is 11.2. The van der Waals surface area contributed by atoms with E-state index in [0.717, 1.165) is 23.9 Å². The molecule has 0 aromatic carbocycles. The molecule has 1 aromatic heterocycles. The second-order valence-electron chi connectivity index (χ2n) is 5.59. The van der Waals surface area contributed by atoms with E-state index in [0.29, 0.717) is 12.6 Å². The zero-order chi connectivity index (χ0) is 14.6. The van der Waals surface area contributed by atoms with Gasteiger partial charge in [-0.2, -0.15) is 0 Å². The molecule has 0 aliphatic heterocycles. The van der Waals surface area contributed by atoms with Crippen molar-refractivity contribution in [3.63, 3.8) is 0 Å². The SMILES string of the molecule is CCCCCCCCOCc1csc(CNC(C)C)n1. The van der Waals surface area contributed by atoms with E-state index in [4.69, 9.17) is 4.74 Å². The van der Waals surface area contributed by atoms with Gasteiger partial charge in [-0.25, -0.2) is 4.98 Å². The maximum atomic E-state index is 5.69. The highest BCUT2D eigenvalue weighted by atomic mass is 32.1. The Balaban J connectivity index is 2.01. The molecule has 0 fully saturated rings. The number of thiazole rings is 1. The lowest BCUT2D eigenvalue weighted by Gasteiger charge is -2.04.